The summed E-state index contributed by atoms with van der Waals surface area (Å²) in [7, 11) is 1.81. The minimum atomic E-state index is -0.504. The zero-order valence-electron chi connectivity index (χ0n) is 13.9. The molecule has 3 rings (SSSR count). The second-order valence-electron chi connectivity index (χ2n) is 6.19. The molecule has 0 saturated carbocycles. The topological polar surface area (TPSA) is 64.4 Å². The molecule has 0 spiro atoms. The summed E-state index contributed by atoms with van der Waals surface area (Å²) >= 11 is 0. The zero-order valence-corrected chi connectivity index (χ0v) is 13.9. The third kappa shape index (κ3) is 3.64. The summed E-state index contributed by atoms with van der Waals surface area (Å²) in [5, 5.41) is 4.04. The van der Waals surface area contributed by atoms with Gasteiger partial charge in [0.25, 0.3) is 0 Å². The van der Waals surface area contributed by atoms with E-state index in [0.29, 0.717) is 19.4 Å². The number of benzene rings is 1. The molecule has 1 aliphatic heterocycles. The number of carbonyl (C=O) groups excluding carboxylic acids is 2. The fraction of sp³-hybridized carbons (Fsp3) is 0.389. The SMILES string of the molecule is Cc1ccc(CN2C(=O)CC[C@H]2C(=O)OCc2cnn(C)c2)cc1. The van der Waals surface area contributed by atoms with Crippen molar-refractivity contribution in [1.82, 2.24) is 14.7 Å². The largest absolute Gasteiger partial charge is 0.459 e. The summed E-state index contributed by atoms with van der Waals surface area (Å²) in [5.74, 6) is -0.351. The Hall–Kier alpha value is -2.63. The lowest BCUT2D eigenvalue weighted by Crippen LogP contribution is -2.39. The number of nitrogens with zero attached hydrogens (tertiary/aromatic N) is 3. The summed E-state index contributed by atoms with van der Waals surface area (Å²) in [5.41, 5.74) is 3.01. The van der Waals surface area contributed by atoms with Crippen LogP contribution in [0, 0.1) is 6.92 Å². The zero-order chi connectivity index (χ0) is 17.1. The van der Waals surface area contributed by atoms with Gasteiger partial charge in [0, 0.05) is 31.8 Å². The van der Waals surface area contributed by atoms with Gasteiger partial charge in [0.2, 0.25) is 5.91 Å². The Morgan fingerprint density at radius 1 is 1.29 bits per heavy atom. The Morgan fingerprint density at radius 2 is 2.04 bits per heavy atom. The number of ether oxygens (including phenoxy) is 1. The third-order valence-corrected chi connectivity index (χ3v) is 4.21. The van der Waals surface area contributed by atoms with Crippen molar-refractivity contribution in [2.24, 2.45) is 7.05 Å². The highest BCUT2D eigenvalue weighted by molar-refractivity contribution is 5.88. The third-order valence-electron chi connectivity index (χ3n) is 4.21. The van der Waals surface area contributed by atoms with Crippen LogP contribution in [0.4, 0.5) is 0 Å². The fourth-order valence-corrected chi connectivity index (χ4v) is 2.86. The molecule has 0 radical (unpaired) electrons. The summed E-state index contributed by atoms with van der Waals surface area (Å²) in [6.45, 7) is 2.63. The average molecular weight is 327 g/mol. The minimum Gasteiger partial charge on any atom is -0.459 e. The van der Waals surface area contributed by atoms with Crippen molar-refractivity contribution in [3.05, 3.63) is 53.3 Å². The van der Waals surface area contributed by atoms with E-state index in [1.807, 2.05) is 38.2 Å². The molecule has 1 atom stereocenters. The lowest BCUT2D eigenvalue weighted by Gasteiger charge is -2.23. The van der Waals surface area contributed by atoms with Crippen LogP contribution < -0.4 is 0 Å². The Balaban J connectivity index is 1.63. The molecule has 1 aromatic heterocycles. The molecule has 6 heteroatoms. The Kier molecular flexibility index (Phi) is 4.64. The minimum absolute atomic E-state index is 0.00102. The first kappa shape index (κ1) is 16.2. The van der Waals surface area contributed by atoms with Gasteiger partial charge in [-0.05, 0) is 18.9 Å². The van der Waals surface area contributed by atoms with Crippen LogP contribution in [0.3, 0.4) is 0 Å². The molecule has 6 nitrogen and oxygen atoms in total. The monoisotopic (exact) mass is 327 g/mol. The second kappa shape index (κ2) is 6.86. The molecule has 1 amide bonds. The van der Waals surface area contributed by atoms with E-state index >= 15 is 0 Å². The lowest BCUT2D eigenvalue weighted by atomic mass is 10.1. The molecule has 1 saturated heterocycles. The molecule has 1 fully saturated rings. The van der Waals surface area contributed by atoms with Gasteiger partial charge in [-0.15, -0.1) is 0 Å². The van der Waals surface area contributed by atoms with Gasteiger partial charge in [0.15, 0.2) is 0 Å². The summed E-state index contributed by atoms with van der Waals surface area (Å²) in [6, 6.07) is 7.48. The first-order valence-corrected chi connectivity index (χ1v) is 8.02. The van der Waals surface area contributed by atoms with E-state index in [4.69, 9.17) is 4.74 Å². The number of carbonyl (C=O) groups is 2. The quantitative estimate of drug-likeness (QED) is 0.788. The predicted molar refractivity (Wildman–Crippen MR) is 87.8 cm³/mol. The van der Waals surface area contributed by atoms with Crippen LogP contribution in [-0.4, -0.2) is 32.6 Å². The van der Waals surface area contributed by atoms with Crippen LogP contribution in [0.25, 0.3) is 0 Å². The number of hydrogen-bond acceptors (Lipinski definition) is 4. The molecule has 0 bridgehead atoms. The van der Waals surface area contributed by atoms with Crippen LogP contribution in [0.2, 0.25) is 0 Å². The Bertz CT molecular complexity index is 736. The van der Waals surface area contributed by atoms with Crippen molar-refractivity contribution in [2.45, 2.75) is 39.0 Å². The molecular formula is C18H21N3O3. The molecular weight excluding hydrogens is 306 g/mol. The number of rotatable bonds is 5. The van der Waals surface area contributed by atoms with Crippen molar-refractivity contribution in [3.63, 3.8) is 0 Å². The van der Waals surface area contributed by atoms with E-state index in [-0.39, 0.29) is 18.5 Å². The normalized spacial score (nSPS) is 17.3. The molecule has 0 aliphatic carbocycles. The van der Waals surface area contributed by atoms with Gasteiger partial charge in [-0.25, -0.2) is 4.79 Å². The van der Waals surface area contributed by atoms with E-state index < -0.39 is 6.04 Å². The van der Waals surface area contributed by atoms with E-state index in [2.05, 4.69) is 5.10 Å². The molecule has 24 heavy (non-hydrogen) atoms. The van der Waals surface area contributed by atoms with Crippen LogP contribution in [-0.2, 0) is 34.5 Å². The first-order chi connectivity index (χ1) is 11.5. The highest BCUT2D eigenvalue weighted by atomic mass is 16.5. The number of esters is 1. The van der Waals surface area contributed by atoms with Gasteiger partial charge in [-0.3, -0.25) is 9.48 Å². The van der Waals surface area contributed by atoms with Crippen LogP contribution in [0.1, 0.15) is 29.5 Å². The Morgan fingerprint density at radius 3 is 2.71 bits per heavy atom. The maximum atomic E-state index is 12.4. The van der Waals surface area contributed by atoms with Gasteiger partial charge < -0.3 is 9.64 Å². The van der Waals surface area contributed by atoms with Crippen LogP contribution >= 0.6 is 0 Å². The molecule has 2 aromatic rings. The Labute approximate surface area is 141 Å². The van der Waals surface area contributed by atoms with E-state index in [0.717, 1.165) is 11.1 Å². The van der Waals surface area contributed by atoms with Gasteiger partial charge in [0.1, 0.15) is 12.6 Å². The number of aromatic nitrogens is 2. The first-order valence-electron chi connectivity index (χ1n) is 8.02. The maximum Gasteiger partial charge on any atom is 0.329 e. The highest BCUT2D eigenvalue weighted by Gasteiger charge is 2.37. The standard InChI is InChI=1S/C18H21N3O3/c1-13-3-5-14(6-4-13)11-21-16(7-8-17(21)22)18(23)24-12-15-9-19-20(2)10-15/h3-6,9-10,16H,7-8,11-12H2,1-2H3/t16-/m0/s1. The lowest BCUT2D eigenvalue weighted by molar-refractivity contribution is -0.153. The second-order valence-corrected chi connectivity index (χ2v) is 6.19. The van der Waals surface area contributed by atoms with Crippen molar-refractivity contribution < 1.29 is 14.3 Å². The van der Waals surface area contributed by atoms with Crippen LogP contribution in [0.5, 0.6) is 0 Å². The number of amides is 1. The number of aryl methyl sites for hydroxylation is 2. The van der Waals surface area contributed by atoms with Crippen molar-refractivity contribution in [3.8, 4) is 0 Å². The maximum absolute atomic E-state index is 12.4. The van der Waals surface area contributed by atoms with Gasteiger partial charge in [0.05, 0.1) is 6.20 Å². The van der Waals surface area contributed by atoms with Gasteiger partial charge in [-0.1, -0.05) is 29.8 Å². The summed E-state index contributed by atoms with van der Waals surface area (Å²) < 4.78 is 7.03. The molecule has 126 valence electrons. The van der Waals surface area contributed by atoms with Crippen molar-refractivity contribution in [2.75, 3.05) is 0 Å². The van der Waals surface area contributed by atoms with E-state index in [9.17, 15) is 9.59 Å². The number of likely N-dealkylation sites (tertiary alicyclic amines) is 1. The van der Waals surface area contributed by atoms with E-state index in [1.165, 1.54) is 5.56 Å². The number of hydrogen-bond donors (Lipinski definition) is 0. The molecule has 1 aromatic carbocycles. The molecule has 0 N–H and O–H groups in total. The smallest absolute Gasteiger partial charge is 0.329 e. The van der Waals surface area contributed by atoms with Crippen molar-refractivity contribution in [1.29, 1.82) is 0 Å². The predicted octanol–water partition coefficient (Wildman–Crippen LogP) is 1.96. The van der Waals surface area contributed by atoms with Crippen LogP contribution in [0.15, 0.2) is 36.7 Å². The summed E-state index contributed by atoms with van der Waals surface area (Å²) in [4.78, 5) is 26.1. The van der Waals surface area contributed by atoms with Crippen molar-refractivity contribution >= 4 is 11.9 Å². The van der Waals surface area contributed by atoms with Gasteiger partial charge in [-0.2, -0.15) is 5.10 Å². The molecule has 0 unspecified atom stereocenters. The molecule has 1 aliphatic rings. The fourth-order valence-electron chi connectivity index (χ4n) is 2.86. The molecule has 2 heterocycles. The summed E-state index contributed by atoms with van der Waals surface area (Å²) in [6.07, 6.45) is 4.36. The van der Waals surface area contributed by atoms with Gasteiger partial charge >= 0.3 is 5.97 Å². The van der Waals surface area contributed by atoms with E-state index in [1.54, 1.807) is 22.0 Å². The average Bonchev–Trinajstić information content (AvgIpc) is 3.14. The highest BCUT2D eigenvalue weighted by Crippen LogP contribution is 2.23.